The summed E-state index contributed by atoms with van der Waals surface area (Å²) in [7, 11) is 0. The van der Waals surface area contributed by atoms with Crippen LogP contribution in [-0.2, 0) is 0 Å². The van der Waals surface area contributed by atoms with Crippen LogP contribution >= 0.6 is 46.4 Å². The van der Waals surface area contributed by atoms with E-state index in [0.717, 1.165) is 27.2 Å². The van der Waals surface area contributed by atoms with Gasteiger partial charge >= 0.3 is 0 Å². The molecule has 0 bridgehead atoms. The molecule has 4 aromatic rings. The molecule has 0 unspecified atom stereocenters. The molecule has 0 aliphatic heterocycles. The number of rotatable bonds is 4. The summed E-state index contributed by atoms with van der Waals surface area (Å²) >= 11 is 4.85. The Bertz CT molecular complexity index is 855. The van der Waals surface area contributed by atoms with Gasteiger partial charge in [0.05, 0.1) is 0 Å². The Morgan fingerprint density at radius 1 is 0.957 bits per heavy atom. The molecule has 4 rings (SSSR count). The summed E-state index contributed by atoms with van der Waals surface area (Å²) in [5.41, 5.74) is 2.03. The van der Waals surface area contributed by atoms with Gasteiger partial charge in [-0.2, -0.15) is 0 Å². The molecule has 4 nitrogen and oxygen atoms in total. The quantitative estimate of drug-likeness (QED) is 0.505. The van der Waals surface area contributed by atoms with Gasteiger partial charge in [-0.3, -0.25) is 0 Å². The molecule has 8 heteroatoms. The van der Waals surface area contributed by atoms with Crippen LogP contribution in [0.2, 0.25) is 0 Å². The van der Waals surface area contributed by atoms with Gasteiger partial charge in [0, 0.05) is 33.6 Å². The Balaban J connectivity index is 0.00000156. The van der Waals surface area contributed by atoms with Crippen molar-refractivity contribution in [2.75, 3.05) is 5.32 Å². The number of hydrogen-bond donors (Lipinski definition) is 1. The van der Waals surface area contributed by atoms with Crippen molar-refractivity contribution >= 4 is 57.4 Å². The van der Waals surface area contributed by atoms with Crippen LogP contribution in [-0.4, -0.2) is 15.0 Å². The van der Waals surface area contributed by atoms with E-state index in [-0.39, 0.29) is 12.4 Å². The van der Waals surface area contributed by atoms with Gasteiger partial charge in [0.1, 0.15) is 16.5 Å². The van der Waals surface area contributed by atoms with Gasteiger partial charge in [0.25, 0.3) is 0 Å². The lowest BCUT2D eigenvalue weighted by molar-refractivity contribution is 1.28. The van der Waals surface area contributed by atoms with Gasteiger partial charge in [-0.1, -0.05) is 6.07 Å². The van der Waals surface area contributed by atoms with Crippen LogP contribution in [0.3, 0.4) is 0 Å². The summed E-state index contributed by atoms with van der Waals surface area (Å²) in [6, 6.07) is 8.17. The maximum Gasteiger partial charge on any atom is 0.188 e. The Morgan fingerprint density at radius 2 is 1.91 bits per heavy atom. The third kappa shape index (κ3) is 3.59. The van der Waals surface area contributed by atoms with Gasteiger partial charge in [0.2, 0.25) is 0 Å². The van der Waals surface area contributed by atoms with Crippen molar-refractivity contribution in [1.82, 2.24) is 15.0 Å². The van der Waals surface area contributed by atoms with Gasteiger partial charge in [-0.15, -0.1) is 46.4 Å². The second-order valence-corrected chi connectivity index (χ2v) is 7.11. The van der Waals surface area contributed by atoms with Crippen LogP contribution in [0.4, 0.5) is 10.9 Å². The largest absolute Gasteiger partial charge is 0.316 e. The Morgan fingerprint density at radius 3 is 2.61 bits per heavy atom. The molecule has 0 aliphatic carbocycles. The zero-order valence-corrected chi connectivity index (χ0v) is 14.9. The van der Waals surface area contributed by atoms with Gasteiger partial charge in [0.15, 0.2) is 5.13 Å². The van der Waals surface area contributed by atoms with Crippen LogP contribution in [0, 0.1) is 0 Å². The van der Waals surface area contributed by atoms with E-state index in [4.69, 9.17) is 0 Å². The molecule has 0 radical (unpaired) electrons. The van der Waals surface area contributed by atoms with Crippen LogP contribution in [0.15, 0.2) is 52.8 Å². The normalized spacial score (nSPS) is 10.3. The third-order valence-electron chi connectivity index (χ3n) is 2.96. The fourth-order valence-electron chi connectivity index (χ4n) is 1.95. The molecule has 0 saturated heterocycles. The number of nitrogens with zero attached hydrogens (tertiary/aromatic N) is 3. The number of hydrogen-bond acceptors (Lipinski definition) is 7. The fourth-order valence-corrected chi connectivity index (χ4v) is 4.04. The molecule has 0 fully saturated rings. The molecule has 0 spiro atoms. The lowest BCUT2D eigenvalue weighted by Gasteiger charge is -2.02. The molecular weight excluding hydrogens is 368 g/mol. The molecule has 1 N–H and O–H groups in total. The monoisotopic (exact) mass is 378 g/mol. The number of thiophene rings is 1. The molecule has 23 heavy (non-hydrogen) atoms. The summed E-state index contributed by atoms with van der Waals surface area (Å²) in [4.78, 5) is 14.5. The number of thiazole rings is 2. The van der Waals surface area contributed by atoms with E-state index in [9.17, 15) is 0 Å². The van der Waals surface area contributed by atoms with Crippen molar-refractivity contribution in [2.45, 2.75) is 0 Å². The Hall–Kier alpha value is -1.80. The summed E-state index contributed by atoms with van der Waals surface area (Å²) in [5, 5.41) is 11.0. The topological polar surface area (TPSA) is 50.7 Å². The lowest BCUT2D eigenvalue weighted by Crippen LogP contribution is -1.92. The molecule has 4 aromatic heterocycles. The smallest absolute Gasteiger partial charge is 0.188 e. The highest BCUT2D eigenvalue weighted by atomic mass is 35.5. The Labute approximate surface area is 151 Å². The van der Waals surface area contributed by atoms with E-state index in [2.05, 4.69) is 37.8 Å². The standard InChI is InChI=1S/C15H10N4S3.ClH/c1-2-12(20-6-1)10-3-4-13(17-8-10)19-15-18-11(9-22-15)14-16-5-7-21-14;/h1-9H,(H,17,18,19);1H. The lowest BCUT2D eigenvalue weighted by atomic mass is 10.2. The Kier molecular flexibility index (Phi) is 5.02. The van der Waals surface area contributed by atoms with Gasteiger partial charge < -0.3 is 5.32 Å². The van der Waals surface area contributed by atoms with Gasteiger partial charge in [-0.05, 0) is 23.6 Å². The van der Waals surface area contributed by atoms with E-state index in [1.54, 1.807) is 40.2 Å². The SMILES string of the molecule is Cl.c1csc(-c2ccc(Nc3nc(-c4nccs4)cs3)nc2)c1. The highest BCUT2D eigenvalue weighted by molar-refractivity contribution is 7.15. The number of pyridine rings is 1. The highest BCUT2D eigenvalue weighted by Gasteiger charge is 2.07. The number of nitrogens with one attached hydrogen (secondary N) is 1. The molecule has 116 valence electrons. The first-order chi connectivity index (χ1) is 10.9. The van der Waals surface area contributed by atoms with E-state index in [1.165, 1.54) is 4.88 Å². The predicted molar refractivity (Wildman–Crippen MR) is 101 cm³/mol. The van der Waals surface area contributed by atoms with Crippen molar-refractivity contribution in [3.63, 3.8) is 0 Å². The zero-order valence-electron chi connectivity index (χ0n) is 11.7. The van der Waals surface area contributed by atoms with Crippen molar-refractivity contribution in [1.29, 1.82) is 0 Å². The van der Waals surface area contributed by atoms with Crippen LogP contribution in [0.5, 0.6) is 0 Å². The summed E-state index contributed by atoms with van der Waals surface area (Å²) in [6.45, 7) is 0. The van der Waals surface area contributed by atoms with Crippen molar-refractivity contribution in [3.05, 3.63) is 52.8 Å². The minimum Gasteiger partial charge on any atom is -0.316 e. The summed E-state index contributed by atoms with van der Waals surface area (Å²) in [6.07, 6.45) is 3.67. The van der Waals surface area contributed by atoms with E-state index >= 15 is 0 Å². The van der Waals surface area contributed by atoms with Crippen LogP contribution in [0.1, 0.15) is 0 Å². The fraction of sp³-hybridized carbons (Fsp3) is 0. The molecular formula is C15H11ClN4S3. The first-order valence-corrected chi connectivity index (χ1v) is 9.15. The highest BCUT2D eigenvalue weighted by Crippen LogP contribution is 2.29. The van der Waals surface area contributed by atoms with Crippen molar-refractivity contribution < 1.29 is 0 Å². The first kappa shape index (κ1) is 16.1. The van der Waals surface area contributed by atoms with E-state index < -0.39 is 0 Å². The van der Waals surface area contributed by atoms with Crippen molar-refractivity contribution in [3.8, 4) is 21.1 Å². The zero-order chi connectivity index (χ0) is 14.8. The summed E-state index contributed by atoms with van der Waals surface area (Å²) < 4.78 is 0. The maximum atomic E-state index is 4.54. The number of halogens is 1. The molecule has 0 saturated carbocycles. The average molecular weight is 379 g/mol. The van der Waals surface area contributed by atoms with E-state index in [0.29, 0.717) is 0 Å². The molecule has 0 aromatic carbocycles. The molecule has 0 aliphatic rings. The second-order valence-electron chi connectivity index (χ2n) is 4.41. The molecule has 4 heterocycles. The maximum absolute atomic E-state index is 4.54. The molecule has 0 amide bonds. The summed E-state index contributed by atoms with van der Waals surface area (Å²) in [5.74, 6) is 0.792. The number of anilines is 2. The minimum absolute atomic E-state index is 0. The van der Waals surface area contributed by atoms with Crippen LogP contribution in [0.25, 0.3) is 21.1 Å². The van der Waals surface area contributed by atoms with E-state index in [1.807, 2.05) is 29.1 Å². The molecule has 0 atom stereocenters. The minimum atomic E-state index is 0. The predicted octanol–water partition coefficient (Wildman–Crippen LogP) is 5.56. The average Bonchev–Trinajstić information content (AvgIpc) is 3.30. The van der Waals surface area contributed by atoms with Crippen molar-refractivity contribution in [2.24, 2.45) is 0 Å². The number of aromatic nitrogens is 3. The van der Waals surface area contributed by atoms with Crippen LogP contribution < -0.4 is 5.32 Å². The first-order valence-electron chi connectivity index (χ1n) is 6.51. The van der Waals surface area contributed by atoms with Gasteiger partial charge in [-0.25, -0.2) is 15.0 Å². The third-order valence-corrected chi connectivity index (χ3v) is 5.43. The second kappa shape index (κ2) is 7.18.